The first-order valence-electron chi connectivity index (χ1n) is 9.34. The molecule has 2 saturated heterocycles. The van der Waals surface area contributed by atoms with Gasteiger partial charge in [0.15, 0.2) is 0 Å². The number of nitrogens with one attached hydrogen (secondary N) is 2. The van der Waals surface area contributed by atoms with E-state index < -0.39 is 0 Å². The van der Waals surface area contributed by atoms with Gasteiger partial charge in [-0.2, -0.15) is 0 Å². The van der Waals surface area contributed by atoms with Crippen LogP contribution in [-0.2, 0) is 17.7 Å². The zero-order valence-electron chi connectivity index (χ0n) is 14.6. The molecule has 0 amide bonds. The highest BCUT2D eigenvalue weighted by atomic mass is 16.5. The second-order valence-corrected chi connectivity index (χ2v) is 7.36. The number of rotatable bonds is 4. The third-order valence-electron chi connectivity index (χ3n) is 5.45. The lowest BCUT2D eigenvalue weighted by Gasteiger charge is -2.30. The van der Waals surface area contributed by atoms with E-state index in [2.05, 4.69) is 34.7 Å². The molecule has 3 heterocycles. The highest BCUT2D eigenvalue weighted by molar-refractivity contribution is 5.60. The minimum atomic E-state index is 0.351. The summed E-state index contributed by atoms with van der Waals surface area (Å²) in [4.78, 5) is 2.38. The normalized spacial score (nSPS) is 25.5. The Hall–Kier alpha value is -1.30. The second-order valence-electron chi connectivity index (χ2n) is 7.36. The van der Waals surface area contributed by atoms with Crippen LogP contribution in [0.25, 0.3) is 0 Å². The third kappa shape index (κ3) is 3.68. The minimum absolute atomic E-state index is 0.351. The number of nitrogens with zero attached hydrogens (tertiary/aromatic N) is 1. The lowest BCUT2D eigenvalue weighted by Crippen LogP contribution is -2.35. The number of piperidine rings is 1. The number of fused-ring (bicyclic) bond motifs is 1. The molecule has 0 unspecified atom stereocenters. The van der Waals surface area contributed by atoms with Gasteiger partial charge in [-0.3, -0.25) is 0 Å². The molecule has 24 heavy (non-hydrogen) atoms. The molecule has 0 aromatic heterocycles. The van der Waals surface area contributed by atoms with Gasteiger partial charge >= 0.3 is 0 Å². The first-order chi connectivity index (χ1) is 11.8. The second kappa shape index (κ2) is 7.30. The lowest BCUT2D eigenvalue weighted by atomic mass is 9.98. The fourth-order valence-corrected chi connectivity index (χ4v) is 3.93. The summed E-state index contributed by atoms with van der Waals surface area (Å²) in [5.41, 5.74) is 4.07. The van der Waals surface area contributed by atoms with Crippen molar-refractivity contribution in [3.8, 4) is 5.75 Å². The van der Waals surface area contributed by atoms with E-state index in [4.69, 9.17) is 9.47 Å². The Bertz CT molecular complexity index is 564. The Morgan fingerprint density at radius 1 is 1.25 bits per heavy atom. The molecule has 0 radical (unpaired) electrons. The molecule has 3 aliphatic heterocycles. The number of hydrogen-bond donors (Lipinski definition) is 2. The molecule has 4 rings (SSSR count). The molecule has 0 bridgehead atoms. The fourth-order valence-electron chi connectivity index (χ4n) is 3.93. The highest BCUT2D eigenvalue weighted by Gasteiger charge is 2.22. The predicted molar refractivity (Wildman–Crippen MR) is 95.8 cm³/mol. The van der Waals surface area contributed by atoms with Gasteiger partial charge in [0.2, 0.25) is 0 Å². The Kier molecular flexibility index (Phi) is 4.92. The molecule has 132 valence electrons. The van der Waals surface area contributed by atoms with Crippen LogP contribution in [0.3, 0.4) is 0 Å². The van der Waals surface area contributed by atoms with E-state index in [-0.39, 0.29) is 0 Å². The van der Waals surface area contributed by atoms with Crippen LogP contribution in [0.15, 0.2) is 12.1 Å². The maximum Gasteiger partial charge on any atom is 0.122 e. The summed E-state index contributed by atoms with van der Waals surface area (Å²) in [6.45, 7) is 5.93. The summed E-state index contributed by atoms with van der Waals surface area (Å²) in [6, 6.07) is 4.91. The SMILES string of the molecule is CN1CCC(Oc2cc3c(c(N[C@@H]4CCOC4)c2)CNCC3)CC1. The van der Waals surface area contributed by atoms with Gasteiger partial charge in [0, 0.05) is 38.0 Å². The lowest BCUT2D eigenvalue weighted by molar-refractivity contribution is 0.114. The van der Waals surface area contributed by atoms with Crippen molar-refractivity contribution in [2.24, 2.45) is 0 Å². The van der Waals surface area contributed by atoms with Gasteiger partial charge in [0.05, 0.1) is 12.6 Å². The van der Waals surface area contributed by atoms with Crippen molar-refractivity contribution < 1.29 is 9.47 Å². The Labute approximate surface area is 144 Å². The van der Waals surface area contributed by atoms with Gasteiger partial charge in [0.1, 0.15) is 11.9 Å². The maximum absolute atomic E-state index is 6.36. The molecule has 2 fully saturated rings. The molecule has 0 aliphatic carbocycles. The van der Waals surface area contributed by atoms with Crippen LogP contribution in [0, 0.1) is 0 Å². The smallest absolute Gasteiger partial charge is 0.122 e. The number of ether oxygens (including phenoxy) is 2. The van der Waals surface area contributed by atoms with Gasteiger partial charge in [-0.05, 0) is 56.5 Å². The highest BCUT2D eigenvalue weighted by Crippen LogP contribution is 2.32. The van der Waals surface area contributed by atoms with Crippen molar-refractivity contribution in [1.82, 2.24) is 10.2 Å². The fraction of sp³-hybridized carbons (Fsp3) is 0.684. The maximum atomic E-state index is 6.36. The standard InChI is InChI=1S/C19H29N3O2/c1-22-7-3-16(4-8-22)24-17-10-14-2-6-20-12-18(14)19(11-17)21-15-5-9-23-13-15/h10-11,15-16,20-21H,2-9,12-13H2,1H3/t15-/m1/s1. The van der Waals surface area contributed by atoms with Crippen LogP contribution in [0.5, 0.6) is 5.75 Å². The number of likely N-dealkylation sites (tertiary alicyclic amines) is 1. The van der Waals surface area contributed by atoms with Crippen LogP contribution in [0.1, 0.15) is 30.4 Å². The number of benzene rings is 1. The van der Waals surface area contributed by atoms with Gasteiger partial charge in [-0.25, -0.2) is 0 Å². The van der Waals surface area contributed by atoms with E-state index in [9.17, 15) is 0 Å². The van der Waals surface area contributed by atoms with Crippen molar-refractivity contribution in [3.05, 3.63) is 23.3 Å². The topological polar surface area (TPSA) is 45.8 Å². The van der Waals surface area contributed by atoms with Crippen LogP contribution < -0.4 is 15.4 Å². The largest absolute Gasteiger partial charge is 0.490 e. The van der Waals surface area contributed by atoms with E-state index in [1.807, 2.05) is 0 Å². The van der Waals surface area contributed by atoms with E-state index in [1.165, 1.54) is 16.8 Å². The molecule has 1 atom stereocenters. The zero-order chi connectivity index (χ0) is 16.4. The van der Waals surface area contributed by atoms with Gasteiger partial charge in [-0.1, -0.05) is 0 Å². The van der Waals surface area contributed by atoms with Crippen LogP contribution >= 0.6 is 0 Å². The molecule has 1 aromatic rings. The first-order valence-corrected chi connectivity index (χ1v) is 9.34. The molecule has 1 aromatic carbocycles. The van der Waals surface area contributed by atoms with E-state index in [1.54, 1.807) is 0 Å². The van der Waals surface area contributed by atoms with E-state index in [0.29, 0.717) is 12.1 Å². The quantitative estimate of drug-likeness (QED) is 0.884. The minimum Gasteiger partial charge on any atom is -0.490 e. The van der Waals surface area contributed by atoms with E-state index in [0.717, 1.165) is 70.8 Å². The van der Waals surface area contributed by atoms with Crippen molar-refractivity contribution in [3.63, 3.8) is 0 Å². The number of anilines is 1. The van der Waals surface area contributed by atoms with Gasteiger partial charge < -0.3 is 25.0 Å². The average molecular weight is 331 g/mol. The summed E-state index contributed by atoms with van der Waals surface area (Å²) in [5, 5.41) is 7.19. The summed E-state index contributed by atoms with van der Waals surface area (Å²) >= 11 is 0. The van der Waals surface area contributed by atoms with Crippen molar-refractivity contribution in [2.75, 3.05) is 45.2 Å². The molecule has 5 nitrogen and oxygen atoms in total. The Morgan fingerprint density at radius 2 is 2.12 bits per heavy atom. The Morgan fingerprint density at radius 3 is 2.92 bits per heavy atom. The first kappa shape index (κ1) is 16.2. The van der Waals surface area contributed by atoms with Gasteiger partial charge in [-0.15, -0.1) is 0 Å². The molecular formula is C19H29N3O2. The summed E-state index contributed by atoms with van der Waals surface area (Å²) in [5.74, 6) is 1.03. The van der Waals surface area contributed by atoms with Crippen molar-refractivity contribution >= 4 is 5.69 Å². The monoisotopic (exact) mass is 331 g/mol. The Balaban J connectivity index is 1.53. The molecule has 0 saturated carbocycles. The molecule has 2 N–H and O–H groups in total. The third-order valence-corrected chi connectivity index (χ3v) is 5.45. The van der Waals surface area contributed by atoms with Crippen molar-refractivity contribution in [1.29, 1.82) is 0 Å². The zero-order valence-corrected chi connectivity index (χ0v) is 14.6. The molecule has 0 spiro atoms. The molecule has 3 aliphatic rings. The van der Waals surface area contributed by atoms with E-state index >= 15 is 0 Å². The average Bonchev–Trinajstić information content (AvgIpc) is 3.10. The predicted octanol–water partition coefficient (Wildman–Crippen LogP) is 2.01. The van der Waals surface area contributed by atoms with Crippen molar-refractivity contribution in [2.45, 2.75) is 44.4 Å². The summed E-state index contributed by atoms with van der Waals surface area (Å²) < 4.78 is 11.9. The molecular weight excluding hydrogens is 302 g/mol. The molecule has 5 heteroatoms. The number of hydrogen-bond acceptors (Lipinski definition) is 5. The van der Waals surface area contributed by atoms with Crippen LogP contribution in [0.4, 0.5) is 5.69 Å². The summed E-state index contributed by atoms with van der Waals surface area (Å²) in [7, 11) is 2.19. The van der Waals surface area contributed by atoms with Gasteiger partial charge in [0.25, 0.3) is 0 Å². The van der Waals surface area contributed by atoms with Crippen LogP contribution in [-0.4, -0.2) is 56.9 Å². The summed E-state index contributed by atoms with van der Waals surface area (Å²) in [6.07, 6.45) is 4.75. The van der Waals surface area contributed by atoms with Crippen LogP contribution in [0.2, 0.25) is 0 Å².